The van der Waals surface area contributed by atoms with Crippen molar-refractivity contribution in [2.45, 2.75) is 0 Å². The number of nitrogens with one attached hydrogen (secondary N) is 3. The zero-order valence-corrected chi connectivity index (χ0v) is 14.6. The zero-order chi connectivity index (χ0) is 18.6. The summed E-state index contributed by atoms with van der Waals surface area (Å²) in [6.07, 6.45) is 0. The fourth-order valence-electron chi connectivity index (χ4n) is 2.24. The third-order valence-electron chi connectivity index (χ3n) is 3.46. The lowest BCUT2D eigenvalue weighted by atomic mass is 10.2. The molecular formula is C18H23N5O3. The van der Waals surface area contributed by atoms with Crippen molar-refractivity contribution in [3.05, 3.63) is 64.7 Å². The first kappa shape index (κ1) is 19.0. The van der Waals surface area contributed by atoms with Crippen molar-refractivity contribution in [1.82, 2.24) is 10.6 Å². The Kier molecular flexibility index (Phi) is 7.73. The highest BCUT2D eigenvalue weighted by Crippen LogP contribution is 2.22. The predicted octanol–water partition coefficient (Wildman–Crippen LogP) is 2.25. The third kappa shape index (κ3) is 6.31. The number of anilines is 1. The van der Waals surface area contributed by atoms with Gasteiger partial charge in [-0.1, -0.05) is 30.3 Å². The van der Waals surface area contributed by atoms with Crippen molar-refractivity contribution < 1.29 is 9.66 Å². The highest BCUT2D eigenvalue weighted by Gasteiger charge is 2.11. The van der Waals surface area contributed by atoms with Crippen LogP contribution in [0.5, 0.6) is 5.75 Å². The minimum Gasteiger partial charge on any atom is -0.492 e. The molecule has 26 heavy (non-hydrogen) atoms. The number of ether oxygens (including phenoxy) is 1. The molecule has 2 aromatic carbocycles. The van der Waals surface area contributed by atoms with Gasteiger partial charge >= 0.3 is 0 Å². The topological polar surface area (TPSA) is 101 Å². The van der Waals surface area contributed by atoms with Gasteiger partial charge in [-0.25, -0.2) is 0 Å². The number of para-hydroxylation sites is 3. The molecule has 0 heterocycles. The second-order valence-electron chi connectivity index (χ2n) is 5.29. The lowest BCUT2D eigenvalue weighted by Gasteiger charge is -2.13. The number of nitro benzene ring substituents is 1. The van der Waals surface area contributed by atoms with Crippen molar-refractivity contribution in [3.63, 3.8) is 0 Å². The Balaban J connectivity index is 1.65. The maximum absolute atomic E-state index is 11.0. The Labute approximate surface area is 152 Å². The van der Waals surface area contributed by atoms with Crippen LogP contribution in [0.4, 0.5) is 11.4 Å². The van der Waals surface area contributed by atoms with Gasteiger partial charge in [0.05, 0.1) is 11.5 Å². The van der Waals surface area contributed by atoms with Crippen molar-refractivity contribution in [2.75, 3.05) is 38.6 Å². The Bertz CT molecular complexity index is 722. The molecule has 2 rings (SSSR count). The molecule has 0 saturated heterocycles. The fraction of sp³-hybridized carbons (Fsp3) is 0.278. The number of hydrogen-bond acceptors (Lipinski definition) is 5. The van der Waals surface area contributed by atoms with Crippen molar-refractivity contribution in [1.29, 1.82) is 0 Å². The molecule has 0 aliphatic rings. The minimum absolute atomic E-state index is 0.0630. The van der Waals surface area contributed by atoms with E-state index < -0.39 is 4.92 Å². The molecule has 0 amide bonds. The fourth-order valence-corrected chi connectivity index (χ4v) is 2.24. The van der Waals surface area contributed by atoms with Crippen LogP contribution < -0.4 is 20.7 Å². The Morgan fingerprint density at radius 3 is 2.46 bits per heavy atom. The van der Waals surface area contributed by atoms with E-state index in [1.165, 1.54) is 6.07 Å². The van der Waals surface area contributed by atoms with E-state index >= 15 is 0 Å². The van der Waals surface area contributed by atoms with Crippen LogP contribution in [0.1, 0.15) is 0 Å². The number of rotatable bonds is 9. The highest BCUT2D eigenvalue weighted by molar-refractivity contribution is 5.79. The molecule has 0 spiro atoms. The van der Waals surface area contributed by atoms with Gasteiger partial charge in [-0.3, -0.25) is 15.1 Å². The summed E-state index contributed by atoms with van der Waals surface area (Å²) >= 11 is 0. The van der Waals surface area contributed by atoms with Crippen LogP contribution in [0.3, 0.4) is 0 Å². The summed E-state index contributed by atoms with van der Waals surface area (Å²) in [5.74, 6) is 1.47. The van der Waals surface area contributed by atoms with Gasteiger partial charge < -0.3 is 20.7 Å². The largest absolute Gasteiger partial charge is 0.492 e. The van der Waals surface area contributed by atoms with Gasteiger partial charge in [0.15, 0.2) is 5.96 Å². The molecule has 0 fully saturated rings. The van der Waals surface area contributed by atoms with Crippen molar-refractivity contribution >= 4 is 17.3 Å². The van der Waals surface area contributed by atoms with Gasteiger partial charge in [0.2, 0.25) is 0 Å². The first-order valence-electron chi connectivity index (χ1n) is 8.30. The van der Waals surface area contributed by atoms with E-state index in [9.17, 15) is 10.1 Å². The molecule has 0 aliphatic carbocycles. The van der Waals surface area contributed by atoms with E-state index in [1.807, 2.05) is 30.3 Å². The Hall–Kier alpha value is -3.29. The SMILES string of the molecule is CN=C(NCCNc1ccccc1[N+](=O)[O-])NCCOc1ccccc1. The van der Waals surface area contributed by atoms with E-state index in [0.717, 1.165) is 5.75 Å². The third-order valence-corrected chi connectivity index (χ3v) is 3.46. The molecule has 0 aliphatic heterocycles. The normalized spacial score (nSPS) is 10.9. The second-order valence-corrected chi connectivity index (χ2v) is 5.29. The molecule has 8 nitrogen and oxygen atoms in total. The maximum Gasteiger partial charge on any atom is 0.292 e. The summed E-state index contributed by atoms with van der Waals surface area (Å²) in [7, 11) is 1.68. The van der Waals surface area contributed by atoms with Crippen LogP contribution >= 0.6 is 0 Å². The first-order chi connectivity index (χ1) is 12.7. The molecule has 0 saturated carbocycles. The van der Waals surface area contributed by atoms with Crippen LogP contribution in [-0.2, 0) is 0 Å². The van der Waals surface area contributed by atoms with Crippen LogP contribution in [-0.4, -0.2) is 44.2 Å². The van der Waals surface area contributed by atoms with E-state index in [1.54, 1.807) is 25.2 Å². The van der Waals surface area contributed by atoms with Gasteiger partial charge in [-0.2, -0.15) is 0 Å². The highest BCUT2D eigenvalue weighted by atomic mass is 16.6. The van der Waals surface area contributed by atoms with Crippen LogP contribution in [0.25, 0.3) is 0 Å². The Morgan fingerprint density at radius 1 is 1.04 bits per heavy atom. The molecule has 0 unspecified atom stereocenters. The predicted molar refractivity (Wildman–Crippen MR) is 103 cm³/mol. The second kappa shape index (κ2) is 10.5. The van der Waals surface area contributed by atoms with Gasteiger partial charge in [0, 0.05) is 26.2 Å². The number of aliphatic imine (C=N–C) groups is 1. The summed E-state index contributed by atoms with van der Waals surface area (Å²) in [6.45, 7) is 2.20. The average molecular weight is 357 g/mol. The molecule has 0 radical (unpaired) electrons. The lowest BCUT2D eigenvalue weighted by molar-refractivity contribution is -0.384. The smallest absolute Gasteiger partial charge is 0.292 e. The summed E-state index contributed by atoms with van der Waals surface area (Å²) in [4.78, 5) is 14.7. The number of guanidine groups is 1. The van der Waals surface area contributed by atoms with Crippen molar-refractivity contribution in [2.24, 2.45) is 4.99 Å². The number of nitrogens with zero attached hydrogens (tertiary/aromatic N) is 2. The monoisotopic (exact) mass is 357 g/mol. The Morgan fingerprint density at radius 2 is 1.73 bits per heavy atom. The standard InChI is InChI=1S/C18H23N5O3/c1-19-18(22-13-14-26-15-7-3-2-4-8-15)21-12-11-20-16-9-5-6-10-17(16)23(24)25/h2-10,20H,11-14H2,1H3,(H2,19,21,22). The number of benzene rings is 2. The van der Waals surface area contributed by atoms with E-state index in [4.69, 9.17) is 4.74 Å². The van der Waals surface area contributed by atoms with Gasteiger partial charge in [-0.15, -0.1) is 0 Å². The van der Waals surface area contributed by atoms with E-state index in [0.29, 0.717) is 37.9 Å². The van der Waals surface area contributed by atoms with Crippen LogP contribution in [0, 0.1) is 10.1 Å². The summed E-state index contributed by atoms with van der Waals surface area (Å²) in [5, 5.41) is 20.3. The molecule has 2 aromatic rings. The summed E-state index contributed by atoms with van der Waals surface area (Å²) in [5.41, 5.74) is 0.562. The zero-order valence-electron chi connectivity index (χ0n) is 14.6. The summed E-state index contributed by atoms with van der Waals surface area (Å²) < 4.78 is 5.60. The van der Waals surface area contributed by atoms with E-state index in [-0.39, 0.29) is 5.69 Å². The quantitative estimate of drug-likeness (QED) is 0.209. The van der Waals surface area contributed by atoms with Crippen LogP contribution in [0.15, 0.2) is 59.6 Å². The van der Waals surface area contributed by atoms with Gasteiger partial charge in [0.25, 0.3) is 5.69 Å². The summed E-state index contributed by atoms with van der Waals surface area (Å²) in [6, 6.07) is 16.2. The molecule has 138 valence electrons. The van der Waals surface area contributed by atoms with Gasteiger partial charge in [0.1, 0.15) is 18.0 Å². The van der Waals surface area contributed by atoms with Crippen LogP contribution in [0.2, 0.25) is 0 Å². The minimum atomic E-state index is -0.400. The average Bonchev–Trinajstić information content (AvgIpc) is 2.67. The van der Waals surface area contributed by atoms with Crippen molar-refractivity contribution in [3.8, 4) is 5.75 Å². The molecule has 0 atom stereocenters. The number of hydrogen-bond donors (Lipinski definition) is 3. The lowest BCUT2D eigenvalue weighted by Crippen LogP contribution is -2.41. The molecule has 0 aromatic heterocycles. The van der Waals surface area contributed by atoms with E-state index in [2.05, 4.69) is 20.9 Å². The maximum atomic E-state index is 11.0. The molecule has 3 N–H and O–H groups in total. The number of nitro groups is 1. The molecule has 0 bridgehead atoms. The van der Waals surface area contributed by atoms with Gasteiger partial charge in [-0.05, 0) is 18.2 Å². The molecular weight excluding hydrogens is 334 g/mol. The first-order valence-corrected chi connectivity index (χ1v) is 8.30. The molecule has 8 heteroatoms.